The second kappa shape index (κ2) is 5.63. The minimum Gasteiger partial charge on any atom is -0.396 e. The van der Waals surface area contributed by atoms with Crippen LogP contribution in [0.3, 0.4) is 0 Å². The summed E-state index contributed by atoms with van der Waals surface area (Å²) in [5, 5.41) is 0. The molecule has 5 heteroatoms. The highest BCUT2D eigenvalue weighted by Crippen LogP contribution is 2.19. The molecule has 0 radical (unpaired) electrons. The van der Waals surface area contributed by atoms with Crippen LogP contribution in [0.5, 0.6) is 0 Å². The first-order chi connectivity index (χ1) is 9.37. The molecule has 0 saturated heterocycles. The first-order valence-corrected chi connectivity index (χ1v) is 7.98. The molecule has 0 bridgehead atoms. The van der Waals surface area contributed by atoms with Gasteiger partial charge in [0.15, 0.2) is 9.84 Å². The molecule has 0 spiro atoms. The van der Waals surface area contributed by atoms with Crippen LogP contribution in [0.2, 0.25) is 0 Å². The predicted molar refractivity (Wildman–Crippen MR) is 78.3 cm³/mol. The molecule has 0 amide bonds. The molecular weight excluding hydrogens is 277 g/mol. The summed E-state index contributed by atoms with van der Waals surface area (Å²) in [6, 6.07) is 11.7. The lowest BCUT2D eigenvalue weighted by molar-refractivity contribution is 0.587. The van der Waals surface area contributed by atoms with Crippen LogP contribution in [0.1, 0.15) is 16.7 Å². The molecule has 20 heavy (non-hydrogen) atoms. The van der Waals surface area contributed by atoms with Crippen molar-refractivity contribution in [2.24, 2.45) is 0 Å². The van der Waals surface area contributed by atoms with E-state index >= 15 is 0 Å². The summed E-state index contributed by atoms with van der Waals surface area (Å²) in [5.41, 5.74) is 7.21. The molecule has 0 aliphatic rings. The molecule has 2 N–H and O–H groups in total. The number of aryl methyl sites for hydroxylation is 1. The lowest BCUT2D eigenvalue weighted by atomic mass is 10.2. The van der Waals surface area contributed by atoms with Crippen LogP contribution in [0.25, 0.3) is 0 Å². The van der Waals surface area contributed by atoms with Gasteiger partial charge < -0.3 is 5.73 Å². The van der Waals surface area contributed by atoms with Gasteiger partial charge in [0.1, 0.15) is 5.82 Å². The molecule has 3 nitrogen and oxygen atoms in total. The smallest absolute Gasteiger partial charge is 0.158 e. The highest BCUT2D eigenvalue weighted by molar-refractivity contribution is 7.89. The zero-order chi connectivity index (χ0) is 14.8. The van der Waals surface area contributed by atoms with Gasteiger partial charge in [-0.05, 0) is 18.6 Å². The van der Waals surface area contributed by atoms with Gasteiger partial charge in [-0.1, -0.05) is 42.0 Å². The summed E-state index contributed by atoms with van der Waals surface area (Å²) in [4.78, 5) is 0. The van der Waals surface area contributed by atoms with Crippen LogP contribution >= 0.6 is 0 Å². The molecular formula is C15H16FNO2S. The van der Waals surface area contributed by atoms with Gasteiger partial charge in [-0.3, -0.25) is 0 Å². The van der Waals surface area contributed by atoms with Crippen LogP contribution in [0.4, 0.5) is 10.1 Å². The van der Waals surface area contributed by atoms with E-state index in [2.05, 4.69) is 0 Å². The summed E-state index contributed by atoms with van der Waals surface area (Å²) in [7, 11) is -3.44. The van der Waals surface area contributed by atoms with E-state index in [1.165, 1.54) is 12.1 Å². The van der Waals surface area contributed by atoms with Gasteiger partial charge in [0.05, 0.1) is 17.2 Å². The maximum Gasteiger partial charge on any atom is 0.158 e. The molecule has 0 saturated carbocycles. The van der Waals surface area contributed by atoms with E-state index in [1.54, 1.807) is 18.2 Å². The number of nitrogen functional groups attached to an aromatic ring is 1. The van der Waals surface area contributed by atoms with Gasteiger partial charge in [0.25, 0.3) is 0 Å². The number of halogens is 1. The van der Waals surface area contributed by atoms with E-state index in [-0.39, 0.29) is 22.8 Å². The number of nitrogens with two attached hydrogens (primary N) is 1. The Kier molecular flexibility index (Phi) is 4.09. The molecule has 2 aromatic carbocycles. The van der Waals surface area contributed by atoms with Gasteiger partial charge in [-0.15, -0.1) is 0 Å². The minimum atomic E-state index is -3.44. The maximum absolute atomic E-state index is 13.7. The van der Waals surface area contributed by atoms with Crippen molar-refractivity contribution in [1.29, 1.82) is 0 Å². The molecule has 0 aliphatic heterocycles. The average molecular weight is 293 g/mol. The van der Waals surface area contributed by atoms with E-state index in [1.807, 2.05) is 19.1 Å². The van der Waals surface area contributed by atoms with Crippen molar-refractivity contribution in [1.82, 2.24) is 0 Å². The molecule has 0 aliphatic carbocycles. The summed E-state index contributed by atoms with van der Waals surface area (Å²) in [5.74, 6) is -1.11. The highest BCUT2D eigenvalue weighted by Gasteiger charge is 2.16. The van der Waals surface area contributed by atoms with Crippen LogP contribution in [-0.2, 0) is 21.3 Å². The Morgan fingerprint density at radius 2 is 1.80 bits per heavy atom. The molecule has 0 atom stereocenters. The third kappa shape index (κ3) is 3.57. The number of hydrogen-bond acceptors (Lipinski definition) is 3. The Labute approximate surface area is 118 Å². The molecule has 0 aromatic heterocycles. The fourth-order valence-corrected chi connectivity index (χ4v) is 3.54. The third-order valence-electron chi connectivity index (χ3n) is 2.95. The normalized spacial score (nSPS) is 11.5. The van der Waals surface area contributed by atoms with E-state index in [0.717, 1.165) is 5.56 Å². The van der Waals surface area contributed by atoms with Crippen LogP contribution in [-0.4, -0.2) is 8.42 Å². The molecule has 106 valence electrons. The van der Waals surface area contributed by atoms with Gasteiger partial charge in [-0.25, -0.2) is 12.8 Å². The van der Waals surface area contributed by atoms with Crippen molar-refractivity contribution in [3.05, 3.63) is 65.0 Å². The van der Waals surface area contributed by atoms with Gasteiger partial charge in [0, 0.05) is 5.56 Å². The van der Waals surface area contributed by atoms with Crippen molar-refractivity contribution >= 4 is 15.5 Å². The van der Waals surface area contributed by atoms with Crippen molar-refractivity contribution in [3.63, 3.8) is 0 Å². The largest absolute Gasteiger partial charge is 0.396 e. The predicted octanol–water partition coefficient (Wildman–Crippen LogP) is 2.83. The number of benzene rings is 2. The monoisotopic (exact) mass is 293 g/mol. The summed E-state index contributed by atoms with van der Waals surface area (Å²) < 4.78 is 38.0. The van der Waals surface area contributed by atoms with Crippen LogP contribution in [0, 0.1) is 12.7 Å². The van der Waals surface area contributed by atoms with Crippen molar-refractivity contribution in [2.45, 2.75) is 18.4 Å². The van der Waals surface area contributed by atoms with Crippen LogP contribution < -0.4 is 5.73 Å². The maximum atomic E-state index is 13.7. The Hall–Kier alpha value is -1.88. The second-order valence-corrected chi connectivity index (χ2v) is 6.91. The molecule has 0 fully saturated rings. The van der Waals surface area contributed by atoms with Crippen molar-refractivity contribution in [3.8, 4) is 0 Å². The third-order valence-corrected chi connectivity index (χ3v) is 4.48. The molecule has 0 heterocycles. The second-order valence-electron chi connectivity index (χ2n) is 4.84. The first kappa shape index (κ1) is 14.5. The quantitative estimate of drug-likeness (QED) is 0.882. The number of hydrogen-bond donors (Lipinski definition) is 1. The summed E-state index contributed by atoms with van der Waals surface area (Å²) in [6.07, 6.45) is 0. The Morgan fingerprint density at radius 1 is 1.10 bits per heavy atom. The fraction of sp³-hybridized carbons (Fsp3) is 0.200. The van der Waals surface area contributed by atoms with Crippen molar-refractivity contribution in [2.75, 3.05) is 5.73 Å². The van der Waals surface area contributed by atoms with E-state index in [4.69, 9.17) is 5.73 Å². The number of rotatable bonds is 4. The zero-order valence-electron chi connectivity index (χ0n) is 11.1. The Morgan fingerprint density at radius 3 is 2.50 bits per heavy atom. The fourth-order valence-electron chi connectivity index (χ4n) is 2.05. The molecule has 0 unspecified atom stereocenters. The molecule has 2 rings (SSSR count). The van der Waals surface area contributed by atoms with Gasteiger partial charge in [0.2, 0.25) is 0 Å². The van der Waals surface area contributed by atoms with Gasteiger partial charge >= 0.3 is 0 Å². The van der Waals surface area contributed by atoms with Crippen molar-refractivity contribution < 1.29 is 12.8 Å². The average Bonchev–Trinajstić information content (AvgIpc) is 2.34. The topological polar surface area (TPSA) is 60.2 Å². The molecule has 2 aromatic rings. The van der Waals surface area contributed by atoms with Gasteiger partial charge in [-0.2, -0.15) is 0 Å². The zero-order valence-corrected chi connectivity index (χ0v) is 12.0. The number of sulfone groups is 1. The highest BCUT2D eigenvalue weighted by atomic mass is 32.2. The van der Waals surface area contributed by atoms with Crippen LogP contribution in [0.15, 0.2) is 42.5 Å². The Bertz CT molecular complexity index is 726. The number of anilines is 1. The van der Waals surface area contributed by atoms with E-state index < -0.39 is 15.7 Å². The minimum absolute atomic E-state index is 0.0340. The lowest BCUT2D eigenvalue weighted by Gasteiger charge is -2.07. The SMILES string of the molecule is Cc1cccc(CS(=O)(=O)Cc2cccc(N)c2F)c1. The lowest BCUT2D eigenvalue weighted by Crippen LogP contribution is -2.09. The van der Waals surface area contributed by atoms with E-state index in [9.17, 15) is 12.8 Å². The Balaban J connectivity index is 2.21. The van der Waals surface area contributed by atoms with E-state index in [0.29, 0.717) is 5.56 Å². The summed E-state index contributed by atoms with van der Waals surface area (Å²) in [6.45, 7) is 1.90. The summed E-state index contributed by atoms with van der Waals surface area (Å²) >= 11 is 0. The first-order valence-electron chi connectivity index (χ1n) is 6.16. The standard InChI is InChI=1S/C15H16FNO2S/c1-11-4-2-5-12(8-11)9-20(18,19)10-13-6-3-7-14(17)15(13)16/h2-8H,9-10,17H2,1H3.